The monoisotopic (exact) mass is 374 g/mol. The van der Waals surface area contributed by atoms with Crippen molar-refractivity contribution in [3.05, 3.63) is 42.3 Å². The van der Waals surface area contributed by atoms with Gasteiger partial charge >= 0.3 is 0 Å². The molecule has 0 spiro atoms. The highest BCUT2D eigenvalue weighted by Crippen LogP contribution is 2.27. The lowest BCUT2D eigenvalue weighted by Crippen LogP contribution is -2.34. The van der Waals surface area contributed by atoms with E-state index in [2.05, 4.69) is 15.6 Å². The van der Waals surface area contributed by atoms with Gasteiger partial charge in [0.05, 0.1) is 0 Å². The van der Waals surface area contributed by atoms with Crippen LogP contribution in [0, 0.1) is 11.2 Å². The van der Waals surface area contributed by atoms with Crippen molar-refractivity contribution in [1.29, 1.82) is 0 Å². The number of nitrogen functional groups attached to an aromatic ring is 1. The number of anilines is 2. The largest absolute Gasteiger partial charge is 0.454 e. The Bertz CT molecular complexity index is 834. The second-order valence-electron chi connectivity index (χ2n) is 7.23. The van der Waals surface area contributed by atoms with Crippen LogP contribution in [0.15, 0.2) is 36.5 Å². The molecule has 1 heterocycles. The number of nitrogens with zero attached hydrogens (tertiary/aromatic N) is 1. The van der Waals surface area contributed by atoms with E-state index in [1.54, 1.807) is 6.07 Å². The van der Waals surface area contributed by atoms with Crippen molar-refractivity contribution in [2.75, 3.05) is 17.6 Å². The third-order valence-corrected chi connectivity index (χ3v) is 3.33. The zero-order valence-electron chi connectivity index (χ0n) is 15.5. The highest BCUT2D eigenvalue weighted by Gasteiger charge is 2.15. The summed E-state index contributed by atoms with van der Waals surface area (Å²) in [7, 11) is 0. The van der Waals surface area contributed by atoms with E-state index in [9.17, 15) is 14.0 Å². The van der Waals surface area contributed by atoms with E-state index >= 15 is 0 Å². The molecule has 2 aromatic rings. The summed E-state index contributed by atoms with van der Waals surface area (Å²) in [5, 5.41) is 5.17. The predicted octanol–water partition coefficient (Wildman–Crippen LogP) is 3.09. The molecule has 0 saturated heterocycles. The van der Waals surface area contributed by atoms with E-state index in [1.165, 1.54) is 24.4 Å². The Morgan fingerprint density at radius 1 is 1.19 bits per heavy atom. The molecule has 0 radical (unpaired) electrons. The third-order valence-electron chi connectivity index (χ3n) is 3.33. The molecule has 0 fully saturated rings. The van der Waals surface area contributed by atoms with Crippen LogP contribution >= 0.6 is 0 Å². The fourth-order valence-electron chi connectivity index (χ4n) is 2.06. The number of aromatic nitrogens is 1. The number of hydrogen-bond acceptors (Lipinski definition) is 5. The van der Waals surface area contributed by atoms with Crippen molar-refractivity contribution in [3.8, 4) is 11.5 Å². The molecule has 144 valence electrons. The SMILES string of the molecule is CC(C)(C)CNC(=O)CC(=O)Nc1ccc(Oc2ccnc(N)c2)c(F)c1. The topological polar surface area (TPSA) is 106 Å². The summed E-state index contributed by atoms with van der Waals surface area (Å²) in [6, 6.07) is 6.98. The summed E-state index contributed by atoms with van der Waals surface area (Å²) >= 11 is 0. The minimum absolute atomic E-state index is 0.0264. The Hall–Kier alpha value is -3.16. The number of carbonyl (C=O) groups is 2. The Kier molecular flexibility index (Phi) is 6.33. The lowest BCUT2D eigenvalue weighted by atomic mass is 9.97. The van der Waals surface area contributed by atoms with Gasteiger partial charge in [-0.05, 0) is 23.6 Å². The van der Waals surface area contributed by atoms with Gasteiger partial charge in [0.1, 0.15) is 18.0 Å². The Morgan fingerprint density at radius 2 is 1.93 bits per heavy atom. The van der Waals surface area contributed by atoms with Gasteiger partial charge in [-0.2, -0.15) is 0 Å². The molecule has 0 aliphatic rings. The Labute approximate surface area is 157 Å². The van der Waals surface area contributed by atoms with Crippen LogP contribution in [0.25, 0.3) is 0 Å². The maximum absolute atomic E-state index is 14.2. The van der Waals surface area contributed by atoms with E-state index in [1.807, 2.05) is 20.8 Å². The smallest absolute Gasteiger partial charge is 0.233 e. The third kappa shape index (κ3) is 6.93. The van der Waals surface area contributed by atoms with Gasteiger partial charge in [-0.3, -0.25) is 9.59 Å². The van der Waals surface area contributed by atoms with E-state index in [-0.39, 0.29) is 29.1 Å². The molecular formula is C19H23FN4O3. The molecule has 2 rings (SSSR count). The highest BCUT2D eigenvalue weighted by atomic mass is 19.1. The van der Waals surface area contributed by atoms with E-state index in [4.69, 9.17) is 10.5 Å². The highest BCUT2D eigenvalue weighted by molar-refractivity contribution is 6.03. The van der Waals surface area contributed by atoms with Gasteiger partial charge in [0.2, 0.25) is 11.8 Å². The van der Waals surface area contributed by atoms with Gasteiger partial charge in [-0.1, -0.05) is 20.8 Å². The Morgan fingerprint density at radius 3 is 2.56 bits per heavy atom. The maximum Gasteiger partial charge on any atom is 0.233 e. The molecule has 0 aliphatic heterocycles. The second-order valence-corrected chi connectivity index (χ2v) is 7.23. The van der Waals surface area contributed by atoms with Crippen molar-refractivity contribution in [2.45, 2.75) is 27.2 Å². The molecule has 0 unspecified atom stereocenters. The molecule has 27 heavy (non-hydrogen) atoms. The molecule has 0 aliphatic carbocycles. The first-order valence-electron chi connectivity index (χ1n) is 8.38. The van der Waals surface area contributed by atoms with Crippen molar-refractivity contribution in [1.82, 2.24) is 10.3 Å². The minimum Gasteiger partial charge on any atom is -0.454 e. The van der Waals surface area contributed by atoms with Crippen molar-refractivity contribution < 1.29 is 18.7 Å². The van der Waals surface area contributed by atoms with Crippen LogP contribution < -0.4 is 21.1 Å². The van der Waals surface area contributed by atoms with Crippen LogP contribution in [-0.4, -0.2) is 23.3 Å². The Balaban J connectivity index is 1.93. The summed E-state index contributed by atoms with van der Waals surface area (Å²) in [6.45, 7) is 6.37. The van der Waals surface area contributed by atoms with Gasteiger partial charge in [-0.15, -0.1) is 0 Å². The molecule has 0 bridgehead atoms. The van der Waals surface area contributed by atoms with Gasteiger partial charge < -0.3 is 21.1 Å². The molecule has 8 heteroatoms. The van der Waals surface area contributed by atoms with Crippen LogP contribution in [0.2, 0.25) is 0 Å². The number of rotatable bonds is 6. The number of hydrogen-bond donors (Lipinski definition) is 3. The lowest BCUT2D eigenvalue weighted by molar-refractivity contribution is -0.127. The summed E-state index contributed by atoms with van der Waals surface area (Å²) in [5.41, 5.74) is 5.70. The van der Waals surface area contributed by atoms with Crippen LogP contribution in [-0.2, 0) is 9.59 Å². The zero-order chi connectivity index (χ0) is 20.0. The lowest BCUT2D eigenvalue weighted by Gasteiger charge is -2.18. The van der Waals surface area contributed by atoms with Gasteiger partial charge in [0.15, 0.2) is 11.6 Å². The average Bonchev–Trinajstić information content (AvgIpc) is 2.55. The van der Waals surface area contributed by atoms with Gasteiger partial charge in [-0.25, -0.2) is 9.37 Å². The van der Waals surface area contributed by atoms with E-state index in [0.29, 0.717) is 12.3 Å². The number of nitrogens with two attached hydrogens (primary N) is 1. The van der Waals surface area contributed by atoms with Gasteiger partial charge in [0, 0.05) is 30.6 Å². The summed E-state index contributed by atoms with van der Waals surface area (Å²) in [5.74, 6) is -1.02. The second kappa shape index (κ2) is 8.48. The summed E-state index contributed by atoms with van der Waals surface area (Å²) < 4.78 is 19.6. The summed E-state index contributed by atoms with van der Waals surface area (Å²) in [4.78, 5) is 27.5. The van der Waals surface area contributed by atoms with Crippen molar-refractivity contribution in [2.24, 2.45) is 5.41 Å². The average molecular weight is 374 g/mol. The molecule has 0 saturated carbocycles. The molecule has 4 N–H and O–H groups in total. The fourth-order valence-corrected chi connectivity index (χ4v) is 2.06. The van der Waals surface area contributed by atoms with E-state index < -0.39 is 17.6 Å². The first-order chi connectivity index (χ1) is 12.6. The quantitative estimate of drug-likeness (QED) is 0.674. The molecule has 0 atom stereocenters. The van der Waals surface area contributed by atoms with Gasteiger partial charge in [0.25, 0.3) is 0 Å². The maximum atomic E-state index is 14.2. The van der Waals surface area contributed by atoms with Crippen LogP contribution in [0.5, 0.6) is 11.5 Å². The molecule has 7 nitrogen and oxygen atoms in total. The summed E-state index contributed by atoms with van der Waals surface area (Å²) in [6.07, 6.45) is 1.11. The molecule has 1 aromatic heterocycles. The molecule has 2 amide bonds. The standard InChI is InChI=1S/C19H23FN4O3/c1-19(2,3)11-23-17(25)10-18(26)24-12-4-5-15(14(20)8-12)27-13-6-7-22-16(21)9-13/h4-9H,10-11H2,1-3H3,(H2,21,22)(H,23,25)(H,24,26). The minimum atomic E-state index is -0.666. The number of pyridine rings is 1. The number of amides is 2. The number of nitrogens with one attached hydrogen (secondary N) is 2. The number of benzene rings is 1. The first-order valence-corrected chi connectivity index (χ1v) is 8.38. The van der Waals surface area contributed by atoms with Crippen molar-refractivity contribution in [3.63, 3.8) is 0 Å². The van der Waals surface area contributed by atoms with Crippen LogP contribution in [0.3, 0.4) is 0 Å². The number of halogens is 1. The van der Waals surface area contributed by atoms with E-state index in [0.717, 1.165) is 6.07 Å². The van der Waals surface area contributed by atoms with Crippen molar-refractivity contribution >= 4 is 23.3 Å². The normalized spacial score (nSPS) is 11.0. The first kappa shape index (κ1) is 20.2. The van der Waals surface area contributed by atoms with Crippen LogP contribution in [0.4, 0.5) is 15.9 Å². The number of carbonyl (C=O) groups excluding carboxylic acids is 2. The van der Waals surface area contributed by atoms with Crippen LogP contribution in [0.1, 0.15) is 27.2 Å². The fraction of sp³-hybridized carbons (Fsp3) is 0.316. The molecule has 1 aromatic carbocycles. The molecular weight excluding hydrogens is 351 g/mol. The zero-order valence-corrected chi connectivity index (χ0v) is 15.5. The number of ether oxygens (including phenoxy) is 1. The predicted molar refractivity (Wildman–Crippen MR) is 101 cm³/mol.